The molecule has 0 heterocycles. The summed E-state index contributed by atoms with van der Waals surface area (Å²) in [5.74, 6) is -0.266. The van der Waals surface area contributed by atoms with Gasteiger partial charge in [-0.2, -0.15) is 0 Å². The molecule has 0 bridgehead atoms. The molecule has 11 heteroatoms. The van der Waals surface area contributed by atoms with Crippen molar-refractivity contribution in [3.8, 4) is 5.75 Å². The van der Waals surface area contributed by atoms with Crippen molar-refractivity contribution in [2.45, 2.75) is 69.0 Å². The average molecular weight is 646 g/mol. The molecular formula is C32H40ClN3O5S2. The van der Waals surface area contributed by atoms with Gasteiger partial charge < -0.3 is 15.0 Å². The number of benzene rings is 3. The Morgan fingerprint density at radius 1 is 0.953 bits per heavy atom. The summed E-state index contributed by atoms with van der Waals surface area (Å²) >= 11 is 7.59. The molecular weight excluding hydrogens is 606 g/mol. The molecule has 232 valence electrons. The fourth-order valence-electron chi connectivity index (χ4n) is 4.44. The Balaban J connectivity index is 2.07. The second-order valence-corrected chi connectivity index (χ2v) is 14.1. The Morgan fingerprint density at radius 2 is 1.56 bits per heavy atom. The van der Waals surface area contributed by atoms with Gasteiger partial charge in [-0.25, -0.2) is 8.42 Å². The maximum absolute atomic E-state index is 14.2. The van der Waals surface area contributed by atoms with E-state index in [1.54, 1.807) is 60.7 Å². The fraction of sp³-hybridized carbons (Fsp3) is 0.375. The van der Waals surface area contributed by atoms with Gasteiger partial charge in [-0.15, -0.1) is 11.8 Å². The molecule has 0 aliphatic rings. The number of amides is 2. The number of nitrogens with zero attached hydrogens (tertiary/aromatic N) is 2. The topological polar surface area (TPSA) is 96.0 Å². The zero-order chi connectivity index (χ0) is 31.8. The lowest BCUT2D eigenvalue weighted by Crippen LogP contribution is -2.55. The number of thioether (sulfide) groups is 1. The van der Waals surface area contributed by atoms with E-state index in [1.807, 2.05) is 40.9 Å². The van der Waals surface area contributed by atoms with Crippen molar-refractivity contribution in [1.29, 1.82) is 0 Å². The van der Waals surface area contributed by atoms with Crippen LogP contribution in [0.25, 0.3) is 0 Å². The molecule has 0 saturated carbocycles. The van der Waals surface area contributed by atoms with E-state index < -0.39 is 34.1 Å². The van der Waals surface area contributed by atoms with Crippen LogP contribution in [-0.4, -0.2) is 56.1 Å². The molecule has 1 N–H and O–H groups in total. The first-order valence-corrected chi connectivity index (χ1v) is 17.1. The molecule has 0 radical (unpaired) electrons. The Bertz CT molecular complexity index is 1470. The number of hydrogen-bond acceptors (Lipinski definition) is 6. The summed E-state index contributed by atoms with van der Waals surface area (Å²) in [6.07, 6.45) is 2.23. The van der Waals surface area contributed by atoms with Crippen LogP contribution in [0.3, 0.4) is 0 Å². The first-order chi connectivity index (χ1) is 20.3. The van der Waals surface area contributed by atoms with Crippen molar-refractivity contribution in [2.75, 3.05) is 23.7 Å². The Labute approximate surface area is 264 Å². The molecule has 0 spiro atoms. The third kappa shape index (κ3) is 9.39. The highest BCUT2D eigenvalue weighted by Crippen LogP contribution is 2.28. The van der Waals surface area contributed by atoms with Gasteiger partial charge in [-0.3, -0.25) is 13.9 Å². The second kappa shape index (κ2) is 15.0. The molecule has 3 aromatic rings. The van der Waals surface area contributed by atoms with E-state index in [9.17, 15) is 18.0 Å². The molecule has 1 atom stereocenters. The maximum atomic E-state index is 14.2. The number of carbonyl (C=O) groups is 2. The van der Waals surface area contributed by atoms with Crippen LogP contribution in [-0.2, 0) is 26.2 Å². The van der Waals surface area contributed by atoms with Crippen molar-refractivity contribution in [3.63, 3.8) is 0 Å². The summed E-state index contributed by atoms with van der Waals surface area (Å²) in [6.45, 7) is 9.30. The molecule has 8 nitrogen and oxygen atoms in total. The lowest BCUT2D eigenvalue weighted by Gasteiger charge is -2.34. The first-order valence-electron chi connectivity index (χ1n) is 14.0. The van der Waals surface area contributed by atoms with Gasteiger partial charge in [-0.05, 0) is 107 Å². The summed E-state index contributed by atoms with van der Waals surface area (Å²) in [5.41, 5.74) is 0.521. The number of anilines is 1. The van der Waals surface area contributed by atoms with E-state index in [4.69, 9.17) is 16.3 Å². The van der Waals surface area contributed by atoms with Crippen molar-refractivity contribution < 1.29 is 22.7 Å². The quantitative estimate of drug-likeness (QED) is 0.217. The van der Waals surface area contributed by atoms with Gasteiger partial charge in [0, 0.05) is 22.0 Å². The minimum Gasteiger partial charge on any atom is -0.494 e. The van der Waals surface area contributed by atoms with Crippen molar-refractivity contribution in [1.82, 2.24) is 10.2 Å². The summed E-state index contributed by atoms with van der Waals surface area (Å²) in [7, 11) is -4.18. The van der Waals surface area contributed by atoms with Crippen LogP contribution in [0.5, 0.6) is 5.75 Å². The minimum absolute atomic E-state index is 0.0498. The first kappa shape index (κ1) is 34.3. The van der Waals surface area contributed by atoms with E-state index in [0.717, 1.165) is 14.8 Å². The number of halogens is 1. The molecule has 0 aromatic heterocycles. The van der Waals surface area contributed by atoms with Crippen LogP contribution in [0.15, 0.2) is 82.6 Å². The average Bonchev–Trinajstić information content (AvgIpc) is 2.96. The lowest BCUT2D eigenvalue weighted by molar-refractivity contribution is -0.141. The number of sulfonamides is 1. The van der Waals surface area contributed by atoms with Crippen LogP contribution >= 0.6 is 23.4 Å². The minimum atomic E-state index is -4.18. The largest absolute Gasteiger partial charge is 0.494 e. The van der Waals surface area contributed by atoms with Crippen LogP contribution < -0.4 is 14.4 Å². The number of hydrogen-bond donors (Lipinski definition) is 1. The highest BCUT2D eigenvalue weighted by Gasteiger charge is 2.34. The standard InChI is InChI=1S/C32H40ClN3O5S2/c1-7-29(31(38)34-32(3,4)5)35(21-23-9-11-24(33)12-10-23)30(37)22-36(25-13-15-26(16-14-25)41-8-2)43(39,40)28-19-17-27(42-6)18-20-28/h9-20,29H,7-8,21-22H2,1-6H3,(H,34,38). The summed E-state index contributed by atoms with van der Waals surface area (Å²) in [4.78, 5) is 30.0. The zero-order valence-corrected chi connectivity index (χ0v) is 27.9. The van der Waals surface area contributed by atoms with Crippen LogP contribution in [0, 0.1) is 0 Å². The van der Waals surface area contributed by atoms with E-state index in [-0.39, 0.29) is 17.3 Å². The third-order valence-electron chi connectivity index (χ3n) is 6.51. The van der Waals surface area contributed by atoms with Gasteiger partial charge in [0.25, 0.3) is 10.0 Å². The third-order valence-corrected chi connectivity index (χ3v) is 9.30. The fourth-order valence-corrected chi connectivity index (χ4v) is 6.39. The van der Waals surface area contributed by atoms with Crippen LogP contribution in [0.2, 0.25) is 5.02 Å². The number of ether oxygens (including phenoxy) is 1. The molecule has 43 heavy (non-hydrogen) atoms. The van der Waals surface area contributed by atoms with Gasteiger partial charge >= 0.3 is 0 Å². The van der Waals surface area contributed by atoms with Gasteiger partial charge in [0.05, 0.1) is 17.2 Å². The van der Waals surface area contributed by atoms with Crippen molar-refractivity contribution in [3.05, 3.63) is 83.4 Å². The van der Waals surface area contributed by atoms with Crippen molar-refractivity contribution >= 4 is 50.9 Å². The summed E-state index contributed by atoms with van der Waals surface area (Å²) < 4.78 is 34.8. The highest BCUT2D eigenvalue weighted by molar-refractivity contribution is 7.98. The van der Waals surface area contributed by atoms with Crippen molar-refractivity contribution in [2.24, 2.45) is 0 Å². The molecule has 0 aliphatic heterocycles. The molecule has 3 aromatic carbocycles. The molecule has 0 fully saturated rings. The van der Waals surface area contributed by atoms with E-state index >= 15 is 0 Å². The Morgan fingerprint density at radius 3 is 2.07 bits per heavy atom. The monoisotopic (exact) mass is 645 g/mol. The van der Waals surface area contributed by atoms with E-state index in [1.165, 1.54) is 28.8 Å². The molecule has 3 rings (SSSR count). The molecule has 0 saturated heterocycles. The Kier molecular flexibility index (Phi) is 12.0. The van der Waals surface area contributed by atoms with Crippen LogP contribution in [0.4, 0.5) is 5.69 Å². The summed E-state index contributed by atoms with van der Waals surface area (Å²) in [5, 5.41) is 3.51. The van der Waals surface area contributed by atoms with Gasteiger partial charge in [0.1, 0.15) is 18.3 Å². The van der Waals surface area contributed by atoms with E-state index in [0.29, 0.717) is 29.5 Å². The summed E-state index contributed by atoms with van der Waals surface area (Å²) in [6, 6.07) is 19.2. The number of carbonyl (C=O) groups excluding carboxylic acids is 2. The van der Waals surface area contributed by atoms with E-state index in [2.05, 4.69) is 5.32 Å². The zero-order valence-electron chi connectivity index (χ0n) is 25.5. The lowest BCUT2D eigenvalue weighted by atomic mass is 10.1. The normalized spacial score (nSPS) is 12.3. The van der Waals surface area contributed by atoms with Gasteiger partial charge in [0.2, 0.25) is 11.8 Å². The number of rotatable bonds is 13. The van der Waals surface area contributed by atoms with Gasteiger partial charge in [-0.1, -0.05) is 30.7 Å². The highest BCUT2D eigenvalue weighted by atomic mass is 35.5. The molecule has 1 unspecified atom stereocenters. The molecule has 2 amide bonds. The van der Waals surface area contributed by atoms with Crippen LogP contribution in [0.1, 0.15) is 46.6 Å². The molecule has 0 aliphatic carbocycles. The predicted molar refractivity (Wildman–Crippen MR) is 174 cm³/mol. The number of nitrogens with one attached hydrogen (secondary N) is 1. The predicted octanol–water partition coefficient (Wildman–Crippen LogP) is 6.38. The second-order valence-electron chi connectivity index (χ2n) is 10.9. The Hall–Kier alpha value is -3.21. The smallest absolute Gasteiger partial charge is 0.264 e. The maximum Gasteiger partial charge on any atom is 0.264 e. The SMILES string of the molecule is CCOc1ccc(N(CC(=O)N(Cc2ccc(Cl)cc2)C(CC)C(=O)NC(C)(C)C)S(=O)(=O)c2ccc(SC)cc2)cc1. The van der Waals surface area contributed by atoms with Gasteiger partial charge in [0.15, 0.2) is 0 Å².